The van der Waals surface area contributed by atoms with E-state index in [0.29, 0.717) is 30.1 Å². The molecule has 0 fully saturated rings. The van der Waals surface area contributed by atoms with Gasteiger partial charge in [0.2, 0.25) is 0 Å². The molecule has 1 heterocycles. The van der Waals surface area contributed by atoms with Gasteiger partial charge in [-0.15, -0.1) is 11.8 Å². The van der Waals surface area contributed by atoms with Crippen molar-refractivity contribution < 1.29 is 13.9 Å². The Morgan fingerprint density at radius 3 is 2.62 bits per heavy atom. The number of fused-ring (bicyclic) bond motifs is 1. The number of benzene rings is 2. The monoisotopic (exact) mass is 305 g/mol. The Morgan fingerprint density at radius 2 is 1.81 bits per heavy atom. The van der Waals surface area contributed by atoms with Crippen LogP contribution in [-0.4, -0.2) is 13.2 Å². The second kappa shape index (κ2) is 6.37. The first-order valence-corrected chi connectivity index (χ1v) is 7.75. The highest BCUT2D eigenvalue weighted by atomic mass is 32.2. The van der Waals surface area contributed by atoms with E-state index in [4.69, 9.17) is 15.2 Å². The van der Waals surface area contributed by atoms with Crippen molar-refractivity contribution in [3.63, 3.8) is 0 Å². The molecule has 0 atom stereocenters. The molecule has 1 aliphatic heterocycles. The second-order valence-corrected chi connectivity index (χ2v) is 5.74. The SMILES string of the molecule is NCc1cccc(CSc2ccc3c(c2)OCCO3)c1F. The summed E-state index contributed by atoms with van der Waals surface area (Å²) in [7, 11) is 0. The minimum Gasteiger partial charge on any atom is -0.486 e. The van der Waals surface area contributed by atoms with Crippen molar-refractivity contribution in [3.05, 3.63) is 53.3 Å². The number of nitrogens with two attached hydrogens (primary N) is 1. The lowest BCUT2D eigenvalue weighted by atomic mass is 10.1. The van der Waals surface area contributed by atoms with Crippen LogP contribution in [0.5, 0.6) is 11.5 Å². The number of hydrogen-bond donors (Lipinski definition) is 1. The van der Waals surface area contributed by atoms with Crippen molar-refractivity contribution in [3.8, 4) is 11.5 Å². The third kappa shape index (κ3) is 3.14. The van der Waals surface area contributed by atoms with Gasteiger partial charge in [-0.05, 0) is 23.8 Å². The molecule has 2 N–H and O–H groups in total. The molecule has 2 aromatic rings. The maximum atomic E-state index is 14.1. The third-order valence-corrected chi connectivity index (χ3v) is 4.33. The highest BCUT2D eigenvalue weighted by Crippen LogP contribution is 2.35. The van der Waals surface area contributed by atoms with E-state index in [0.717, 1.165) is 16.4 Å². The molecule has 1 aliphatic rings. The van der Waals surface area contributed by atoms with Crippen LogP contribution >= 0.6 is 11.8 Å². The van der Waals surface area contributed by atoms with Crippen molar-refractivity contribution in [1.82, 2.24) is 0 Å². The van der Waals surface area contributed by atoms with Crippen LogP contribution in [0.25, 0.3) is 0 Å². The van der Waals surface area contributed by atoms with E-state index in [1.807, 2.05) is 24.3 Å². The fourth-order valence-corrected chi connectivity index (χ4v) is 3.08. The summed E-state index contributed by atoms with van der Waals surface area (Å²) in [4.78, 5) is 1.02. The van der Waals surface area contributed by atoms with Gasteiger partial charge in [-0.25, -0.2) is 4.39 Å². The molecule has 110 valence electrons. The summed E-state index contributed by atoms with van der Waals surface area (Å²) < 4.78 is 25.1. The van der Waals surface area contributed by atoms with Crippen molar-refractivity contribution >= 4 is 11.8 Å². The van der Waals surface area contributed by atoms with Gasteiger partial charge in [0.25, 0.3) is 0 Å². The second-order valence-electron chi connectivity index (χ2n) is 4.69. The molecule has 3 rings (SSSR count). The van der Waals surface area contributed by atoms with Crippen LogP contribution in [0.2, 0.25) is 0 Å². The van der Waals surface area contributed by atoms with Gasteiger partial charge in [0, 0.05) is 22.8 Å². The minimum atomic E-state index is -0.204. The molecule has 3 nitrogen and oxygen atoms in total. The maximum absolute atomic E-state index is 14.1. The molecule has 0 radical (unpaired) electrons. The molecule has 0 saturated carbocycles. The van der Waals surface area contributed by atoms with Crippen LogP contribution in [-0.2, 0) is 12.3 Å². The predicted molar refractivity (Wildman–Crippen MR) is 81.3 cm³/mol. The summed E-state index contributed by atoms with van der Waals surface area (Å²) in [6.45, 7) is 1.36. The molecule has 21 heavy (non-hydrogen) atoms. The average Bonchev–Trinajstić information content (AvgIpc) is 2.54. The lowest BCUT2D eigenvalue weighted by Gasteiger charge is -2.18. The van der Waals surface area contributed by atoms with E-state index in [1.165, 1.54) is 0 Å². The normalized spacial score (nSPS) is 13.2. The Balaban J connectivity index is 1.73. The Labute approximate surface area is 127 Å². The van der Waals surface area contributed by atoms with Gasteiger partial charge in [-0.2, -0.15) is 0 Å². The lowest BCUT2D eigenvalue weighted by molar-refractivity contribution is 0.171. The smallest absolute Gasteiger partial charge is 0.162 e. The molecule has 2 aromatic carbocycles. The summed E-state index contributed by atoms with van der Waals surface area (Å²) in [5.41, 5.74) is 6.74. The Morgan fingerprint density at radius 1 is 1.05 bits per heavy atom. The quantitative estimate of drug-likeness (QED) is 0.880. The number of halogens is 1. The fraction of sp³-hybridized carbons (Fsp3) is 0.250. The van der Waals surface area contributed by atoms with Crippen LogP contribution in [0.1, 0.15) is 11.1 Å². The molecule has 5 heteroatoms. The topological polar surface area (TPSA) is 44.5 Å². The van der Waals surface area contributed by atoms with Gasteiger partial charge in [-0.3, -0.25) is 0 Å². The van der Waals surface area contributed by atoms with Gasteiger partial charge < -0.3 is 15.2 Å². The third-order valence-electron chi connectivity index (χ3n) is 3.29. The maximum Gasteiger partial charge on any atom is 0.162 e. The van der Waals surface area contributed by atoms with Crippen molar-refractivity contribution in [2.24, 2.45) is 5.73 Å². The fourth-order valence-electron chi connectivity index (χ4n) is 2.18. The molecular formula is C16H16FNO2S. The van der Waals surface area contributed by atoms with E-state index in [-0.39, 0.29) is 12.4 Å². The molecule has 0 aliphatic carbocycles. The van der Waals surface area contributed by atoms with E-state index in [2.05, 4.69) is 0 Å². The predicted octanol–water partition coefficient (Wildman–Crippen LogP) is 3.35. The summed E-state index contributed by atoms with van der Waals surface area (Å²) in [6, 6.07) is 11.1. The molecule has 0 bridgehead atoms. The standard InChI is InChI=1S/C16H16FNO2S/c17-16-11(9-18)2-1-3-12(16)10-21-13-4-5-14-15(8-13)20-7-6-19-14/h1-5,8H,6-7,9-10,18H2. The van der Waals surface area contributed by atoms with E-state index in [1.54, 1.807) is 23.9 Å². The van der Waals surface area contributed by atoms with Crippen LogP contribution in [0.3, 0.4) is 0 Å². The number of thioether (sulfide) groups is 1. The average molecular weight is 305 g/mol. The van der Waals surface area contributed by atoms with E-state index in [9.17, 15) is 4.39 Å². The van der Waals surface area contributed by atoms with E-state index >= 15 is 0 Å². The van der Waals surface area contributed by atoms with Crippen LogP contribution in [0, 0.1) is 5.82 Å². The van der Waals surface area contributed by atoms with Gasteiger partial charge in [-0.1, -0.05) is 18.2 Å². The molecular weight excluding hydrogens is 289 g/mol. The summed E-state index contributed by atoms with van der Waals surface area (Å²) in [5, 5.41) is 0. The molecule has 0 spiro atoms. The molecule has 0 aromatic heterocycles. The van der Waals surface area contributed by atoms with Crippen LogP contribution in [0.15, 0.2) is 41.3 Å². The largest absolute Gasteiger partial charge is 0.486 e. The minimum absolute atomic E-state index is 0.204. The molecule has 0 unspecified atom stereocenters. The van der Waals surface area contributed by atoms with Crippen molar-refractivity contribution in [2.75, 3.05) is 13.2 Å². The van der Waals surface area contributed by atoms with Crippen LogP contribution < -0.4 is 15.2 Å². The number of hydrogen-bond acceptors (Lipinski definition) is 4. The van der Waals surface area contributed by atoms with Gasteiger partial charge >= 0.3 is 0 Å². The summed E-state index contributed by atoms with van der Waals surface area (Å²) >= 11 is 1.56. The molecule has 0 amide bonds. The van der Waals surface area contributed by atoms with E-state index < -0.39 is 0 Å². The summed E-state index contributed by atoms with van der Waals surface area (Å²) in [6.07, 6.45) is 0. The van der Waals surface area contributed by atoms with Crippen molar-refractivity contribution in [2.45, 2.75) is 17.2 Å². The van der Waals surface area contributed by atoms with Crippen molar-refractivity contribution in [1.29, 1.82) is 0 Å². The molecule has 0 saturated heterocycles. The first-order valence-electron chi connectivity index (χ1n) is 6.76. The zero-order valence-electron chi connectivity index (χ0n) is 11.5. The zero-order valence-corrected chi connectivity index (χ0v) is 12.3. The lowest BCUT2D eigenvalue weighted by Crippen LogP contribution is -2.15. The Bertz CT molecular complexity index is 648. The van der Waals surface area contributed by atoms with Gasteiger partial charge in [0.1, 0.15) is 19.0 Å². The highest BCUT2D eigenvalue weighted by molar-refractivity contribution is 7.98. The zero-order chi connectivity index (χ0) is 14.7. The first-order chi connectivity index (χ1) is 10.3. The number of rotatable bonds is 4. The Hall–Kier alpha value is -1.72. The van der Waals surface area contributed by atoms with Gasteiger partial charge in [0.05, 0.1) is 0 Å². The highest BCUT2D eigenvalue weighted by Gasteiger charge is 2.12. The first kappa shape index (κ1) is 14.2. The Kier molecular flexibility index (Phi) is 4.31. The number of ether oxygens (including phenoxy) is 2. The summed E-state index contributed by atoms with van der Waals surface area (Å²) in [5.74, 6) is 1.87. The van der Waals surface area contributed by atoms with Gasteiger partial charge in [0.15, 0.2) is 11.5 Å². The van der Waals surface area contributed by atoms with Crippen LogP contribution in [0.4, 0.5) is 4.39 Å².